The highest BCUT2D eigenvalue weighted by Gasteiger charge is 2.22. The molecule has 1 heterocycles. The minimum atomic E-state index is -3.91. The first-order valence-corrected chi connectivity index (χ1v) is 7.55. The van der Waals surface area contributed by atoms with Crippen molar-refractivity contribution in [3.63, 3.8) is 0 Å². The van der Waals surface area contributed by atoms with Gasteiger partial charge in [-0.3, -0.25) is 0 Å². The molecule has 0 spiro atoms. The Morgan fingerprint density at radius 1 is 1.33 bits per heavy atom. The van der Waals surface area contributed by atoms with Crippen LogP contribution < -0.4 is 0 Å². The van der Waals surface area contributed by atoms with E-state index in [2.05, 4.69) is 10.2 Å². The summed E-state index contributed by atoms with van der Waals surface area (Å²) in [7, 11) is -3.91. The van der Waals surface area contributed by atoms with Crippen molar-refractivity contribution in [3.05, 3.63) is 41.4 Å². The summed E-state index contributed by atoms with van der Waals surface area (Å²) in [6.45, 7) is 1.77. The van der Waals surface area contributed by atoms with Crippen LogP contribution in [0.1, 0.15) is 29.1 Å². The molecule has 9 heteroatoms. The number of benzene rings is 1. The lowest BCUT2D eigenvalue weighted by molar-refractivity contribution is 0.0691. The molecule has 0 aliphatic rings. The number of sulfone groups is 1. The van der Waals surface area contributed by atoms with E-state index in [9.17, 15) is 17.6 Å². The van der Waals surface area contributed by atoms with Crippen molar-refractivity contribution in [1.82, 2.24) is 10.2 Å². The van der Waals surface area contributed by atoms with Gasteiger partial charge in [-0.15, -0.1) is 10.2 Å². The Morgan fingerprint density at radius 2 is 2.00 bits per heavy atom. The molecule has 0 fully saturated rings. The maximum atomic E-state index is 13.3. The number of hydrogen-bond donors (Lipinski definition) is 1. The van der Waals surface area contributed by atoms with Crippen LogP contribution in [0.5, 0.6) is 0 Å². The molecule has 1 aromatic heterocycles. The quantitative estimate of drug-likeness (QED) is 0.831. The van der Waals surface area contributed by atoms with Gasteiger partial charge in [0.25, 0.3) is 0 Å². The van der Waals surface area contributed by atoms with Gasteiger partial charge in [-0.1, -0.05) is 6.92 Å². The monoisotopic (exact) mass is 314 g/mol. The van der Waals surface area contributed by atoms with E-state index in [4.69, 9.17) is 9.52 Å². The topological polar surface area (TPSA) is 110 Å². The average Bonchev–Trinajstić information content (AvgIpc) is 2.85. The van der Waals surface area contributed by atoms with Crippen molar-refractivity contribution in [3.8, 4) is 0 Å². The van der Waals surface area contributed by atoms with Gasteiger partial charge >= 0.3 is 5.97 Å². The Morgan fingerprint density at radius 3 is 2.57 bits per heavy atom. The van der Waals surface area contributed by atoms with Gasteiger partial charge in [0.05, 0.1) is 10.5 Å². The molecule has 0 aliphatic carbocycles. The summed E-state index contributed by atoms with van der Waals surface area (Å²) in [4.78, 5) is 10.5. The lowest BCUT2D eigenvalue weighted by atomic mass is 10.2. The Hall–Kier alpha value is -2.29. The highest BCUT2D eigenvalue weighted by molar-refractivity contribution is 7.90. The van der Waals surface area contributed by atoms with E-state index in [1.807, 2.05) is 0 Å². The number of aryl methyl sites for hydroxylation is 1. The molecule has 1 aromatic carbocycles. The van der Waals surface area contributed by atoms with Crippen LogP contribution in [0.25, 0.3) is 0 Å². The number of hydrogen-bond acceptors (Lipinski definition) is 6. The minimum Gasteiger partial charge on any atom is -0.478 e. The predicted molar refractivity (Wildman–Crippen MR) is 67.9 cm³/mol. The van der Waals surface area contributed by atoms with Crippen LogP contribution in [0.4, 0.5) is 4.39 Å². The number of rotatable bonds is 5. The molecule has 21 heavy (non-hydrogen) atoms. The maximum absolute atomic E-state index is 13.3. The molecule has 1 N–H and O–H groups in total. The van der Waals surface area contributed by atoms with Gasteiger partial charge in [-0.05, 0) is 18.2 Å². The number of halogens is 1. The summed E-state index contributed by atoms with van der Waals surface area (Å²) in [5, 5.41) is 16.0. The molecule has 0 amide bonds. The summed E-state index contributed by atoms with van der Waals surface area (Å²) in [5.41, 5.74) is -0.712. The van der Waals surface area contributed by atoms with Gasteiger partial charge in [0, 0.05) is 6.42 Å². The molecule has 7 nitrogen and oxygen atoms in total. The van der Waals surface area contributed by atoms with Crippen LogP contribution in [0.3, 0.4) is 0 Å². The van der Waals surface area contributed by atoms with Crippen molar-refractivity contribution in [2.45, 2.75) is 24.0 Å². The zero-order chi connectivity index (χ0) is 15.6. The van der Waals surface area contributed by atoms with Crippen LogP contribution in [-0.2, 0) is 22.0 Å². The number of carboxylic acid groups (broad SMARTS) is 1. The molecular formula is C12H11FN2O5S. The second-order valence-electron chi connectivity index (χ2n) is 4.15. The second-order valence-corrected chi connectivity index (χ2v) is 6.14. The summed E-state index contributed by atoms with van der Waals surface area (Å²) in [6.07, 6.45) is 0.465. The summed E-state index contributed by atoms with van der Waals surface area (Å²) >= 11 is 0. The van der Waals surface area contributed by atoms with E-state index in [1.54, 1.807) is 6.92 Å². The summed E-state index contributed by atoms with van der Waals surface area (Å²) < 4.78 is 42.7. The van der Waals surface area contributed by atoms with Crippen LogP contribution in [0.2, 0.25) is 0 Å². The number of carbonyl (C=O) groups is 1. The fraction of sp³-hybridized carbons (Fsp3) is 0.250. The Balaban J connectivity index is 2.35. The number of carboxylic acids is 1. The third-order valence-electron chi connectivity index (χ3n) is 2.65. The van der Waals surface area contributed by atoms with Crippen molar-refractivity contribution in [2.24, 2.45) is 0 Å². The molecule has 0 radical (unpaired) electrons. The number of aromatic nitrogens is 2. The zero-order valence-corrected chi connectivity index (χ0v) is 11.7. The van der Waals surface area contributed by atoms with E-state index >= 15 is 0 Å². The molecule has 0 atom stereocenters. The first-order chi connectivity index (χ1) is 9.83. The Bertz CT molecular complexity index is 785. The second kappa shape index (κ2) is 5.60. The fourth-order valence-corrected chi connectivity index (χ4v) is 2.78. The molecule has 0 saturated heterocycles. The normalized spacial score (nSPS) is 11.5. The summed E-state index contributed by atoms with van der Waals surface area (Å²) in [6, 6.07) is 2.56. The largest absolute Gasteiger partial charge is 0.478 e. The van der Waals surface area contributed by atoms with Crippen LogP contribution >= 0.6 is 0 Å². The lowest BCUT2D eigenvalue weighted by Gasteiger charge is -2.04. The zero-order valence-electron chi connectivity index (χ0n) is 10.9. The van der Waals surface area contributed by atoms with Crippen LogP contribution in [0, 0.1) is 5.82 Å². The SMILES string of the molecule is CCc1nnc(CS(=O)(=O)c2ccc(F)c(C(=O)O)c2)o1. The third-order valence-corrected chi connectivity index (χ3v) is 4.25. The van der Waals surface area contributed by atoms with E-state index in [1.165, 1.54) is 0 Å². The third kappa shape index (κ3) is 3.24. The van der Waals surface area contributed by atoms with E-state index in [0.717, 1.165) is 18.2 Å². The van der Waals surface area contributed by atoms with Crippen LogP contribution in [-0.4, -0.2) is 29.7 Å². The minimum absolute atomic E-state index is 0.104. The van der Waals surface area contributed by atoms with Crippen LogP contribution in [0.15, 0.2) is 27.5 Å². The van der Waals surface area contributed by atoms with Gasteiger partial charge in [-0.2, -0.15) is 0 Å². The first-order valence-electron chi connectivity index (χ1n) is 5.90. The van der Waals surface area contributed by atoms with E-state index in [0.29, 0.717) is 12.3 Å². The number of aromatic carboxylic acids is 1. The van der Waals surface area contributed by atoms with Crippen molar-refractivity contribution in [1.29, 1.82) is 0 Å². The fourth-order valence-electron chi connectivity index (χ4n) is 1.60. The highest BCUT2D eigenvalue weighted by Crippen LogP contribution is 2.19. The standard InChI is InChI=1S/C12H11FN2O5S/c1-2-10-14-15-11(20-10)6-21(18,19)7-3-4-9(13)8(5-7)12(16)17/h3-5H,2,6H2,1H3,(H,16,17). The van der Waals surface area contributed by atoms with E-state index in [-0.39, 0.29) is 10.8 Å². The van der Waals surface area contributed by atoms with Gasteiger partial charge in [0.1, 0.15) is 11.6 Å². The van der Waals surface area contributed by atoms with Crippen molar-refractivity contribution in [2.75, 3.05) is 0 Å². The molecule has 112 valence electrons. The highest BCUT2D eigenvalue weighted by atomic mass is 32.2. The maximum Gasteiger partial charge on any atom is 0.338 e. The summed E-state index contributed by atoms with van der Waals surface area (Å²) in [5.74, 6) is -2.94. The van der Waals surface area contributed by atoms with E-state index < -0.39 is 32.9 Å². The average molecular weight is 314 g/mol. The molecule has 2 rings (SSSR count). The first kappa shape index (κ1) is 15.1. The predicted octanol–water partition coefficient (Wildman–Crippen LogP) is 1.44. The van der Waals surface area contributed by atoms with Crippen molar-refractivity contribution >= 4 is 15.8 Å². The molecule has 2 aromatic rings. The van der Waals surface area contributed by atoms with Gasteiger partial charge in [-0.25, -0.2) is 17.6 Å². The van der Waals surface area contributed by atoms with Gasteiger partial charge in [0.2, 0.25) is 11.8 Å². The smallest absolute Gasteiger partial charge is 0.338 e. The number of nitrogens with zero attached hydrogens (tertiary/aromatic N) is 2. The molecule has 0 saturated carbocycles. The molecule has 0 aliphatic heterocycles. The van der Waals surface area contributed by atoms with Crippen molar-refractivity contribution < 1.29 is 27.1 Å². The van der Waals surface area contributed by atoms with Gasteiger partial charge < -0.3 is 9.52 Å². The van der Waals surface area contributed by atoms with Gasteiger partial charge in [0.15, 0.2) is 9.84 Å². The Labute approximate surface area is 119 Å². The lowest BCUT2D eigenvalue weighted by Crippen LogP contribution is -2.08. The molecule has 0 unspecified atom stereocenters. The molecular weight excluding hydrogens is 303 g/mol. The Kier molecular flexibility index (Phi) is 4.03. The molecule has 0 bridgehead atoms.